The number of unbranched alkanes of at least 4 members (excludes halogenated alkanes) is 1. The van der Waals surface area contributed by atoms with Gasteiger partial charge in [0.25, 0.3) is 5.91 Å². The van der Waals surface area contributed by atoms with Gasteiger partial charge in [0.2, 0.25) is 17.7 Å². The number of aromatic nitrogens is 4. The number of ether oxygens (including phenoxy) is 1. The minimum Gasteiger partial charge on any atom is -0.493 e. The van der Waals surface area contributed by atoms with E-state index in [9.17, 15) is 29.1 Å². The first-order valence-corrected chi connectivity index (χ1v) is 25.1. The summed E-state index contributed by atoms with van der Waals surface area (Å²) in [7, 11) is 1.81. The Balaban J connectivity index is 0.714. The molecule has 3 aliphatic heterocycles. The van der Waals surface area contributed by atoms with Gasteiger partial charge in [-0.2, -0.15) is 5.10 Å². The Bertz CT molecular complexity index is 3190. The number of fused-ring (bicyclic) bond motifs is 3. The van der Waals surface area contributed by atoms with Crippen LogP contribution < -0.4 is 25.6 Å². The Hall–Kier alpha value is -7.50. The lowest BCUT2D eigenvalue weighted by atomic mass is 9.92. The lowest BCUT2D eigenvalue weighted by molar-refractivity contribution is -0.134. The number of carboxylic acid groups (broad SMARTS) is 1. The highest BCUT2D eigenvalue weighted by Crippen LogP contribution is 2.36. The van der Waals surface area contributed by atoms with Crippen LogP contribution in [-0.2, 0) is 34.4 Å². The molecule has 17 heteroatoms. The van der Waals surface area contributed by atoms with Crippen molar-refractivity contribution in [2.75, 3.05) is 48.3 Å². The molecule has 4 amide bonds. The lowest BCUT2D eigenvalue weighted by Crippen LogP contribution is -2.40. The molecule has 4 aromatic carbocycles. The molecule has 71 heavy (non-hydrogen) atoms. The monoisotopic (exact) mass is 973 g/mol. The SMILES string of the molecule is Cc1c(OCCCC[C@H]2CCCN(CC(=O)Nc3ccc4c(C5CCC(=O)NC5=O)nn(C)c4c3)C2)cccc1-c1ccc(N2CCc3cccc(C(=O)Nc4nc5ccccc5s4)c3C2)nc1C(=O)O. The van der Waals surface area contributed by atoms with Gasteiger partial charge in [0.15, 0.2) is 10.8 Å². The first-order chi connectivity index (χ1) is 34.4. The van der Waals surface area contributed by atoms with Gasteiger partial charge in [-0.05, 0) is 141 Å². The Morgan fingerprint density at radius 2 is 1.76 bits per heavy atom. The minimum absolute atomic E-state index is 0.0530. The Morgan fingerprint density at radius 3 is 2.61 bits per heavy atom. The molecule has 7 aromatic rings. The van der Waals surface area contributed by atoms with E-state index in [1.165, 1.54) is 11.3 Å². The average Bonchev–Trinajstić information content (AvgIpc) is 3.93. The van der Waals surface area contributed by atoms with Crippen molar-refractivity contribution in [1.82, 2.24) is 30.0 Å². The maximum absolute atomic E-state index is 13.6. The average molecular weight is 974 g/mol. The van der Waals surface area contributed by atoms with Crippen molar-refractivity contribution in [2.24, 2.45) is 13.0 Å². The normalized spacial score (nSPS) is 17.2. The fourth-order valence-corrected chi connectivity index (χ4v) is 11.2. The highest BCUT2D eigenvalue weighted by atomic mass is 32.1. The van der Waals surface area contributed by atoms with Crippen LogP contribution >= 0.6 is 11.3 Å². The summed E-state index contributed by atoms with van der Waals surface area (Å²) in [5, 5.41) is 24.9. The van der Waals surface area contributed by atoms with Crippen molar-refractivity contribution in [1.29, 1.82) is 0 Å². The van der Waals surface area contributed by atoms with E-state index in [4.69, 9.17) is 9.72 Å². The van der Waals surface area contributed by atoms with Gasteiger partial charge in [-0.3, -0.25) is 39.4 Å². The second-order valence-corrected chi connectivity index (χ2v) is 19.8. The number of imide groups is 1. The lowest BCUT2D eigenvalue weighted by Gasteiger charge is -2.32. The number of carboxylic acids is 1. The summed E-state index contributed by atoms with van der Waals surface area (Å²) in [5.74, 6) is -0.856. The Kier molecular flexibility index (Phi) is 13.6. The molecular weight excluding hydrogens is 919 g/mol. The zero-order valence-corrected chi connectivity index (χ0v) is 40.5. The van der Waals surface area contributed by atoms with E-state index in [0.29, 0.717) is 84.2 Å². The fourth-order valence-electron chi connectivity index (χ4n) is 10.4. The number of aromatic carboxylic acids is 1. The Morgan fingerprint density at radius 1 is 0.901 bits per heavy atom. The van der Waals surface area contributed by atoms with E-state index in [1.807, 2.05) is 110 Å². The minimum atomic E-state index is -1.13. The molecule has 0 bridgehead atoms. The van der Waals surface area contributed by atoms with Gasteiger partial charge >= 0.3 is 5.97 Å². The summed E-state index contributed by atoms with van der Waals surface area (Å²) >= 11 is 1.43. The van der Waals surface area contributed by atoms with E-state index < -0.39 is 11.9 Å². The number of aryl methyl sites for hydroxylation is 1. The molecular formula is C54H55N9O7S. The maximum atomic E-state index is 13.6. The molecule has 4 N–H and O–H groups in total. The van der Waals surface area contributed by atoms with E-state index in [1.54, 1.807) is 4.68 Å². The van der Waals surface area contributed by atoms with Crippen LogP contribution in [0.2, 0.25) is 0 Å². The molecule has 16 nitrogen and oxygen atoms in total. The maximum Gasteiger partial charge on any atom is 0.355 e. The van der Waals surface area contributed by atoms with Crippen LogP contribution in [0.3, 0.4) is 0 Å². The van der Waals surface area contributed by atoms with Crippen molar-refractivity contribution in [2.45, 2.75) is 70.8 Å². The predicted molar refractivity (Wildman–Crippen MR) is 273 cm³/mol. The number of nitrogens with zero attached hydrogens (tertiary/aromatic N) is 6. The van der Waals surface area contributed by atoms with E-state index in [0.717, 1.165) is 88.6 Å². The third kappa shape index (κ3) is 10.2. The van der Waals surface area contributed by atoms with Gasteiger partial charge in [0.1, 0.15) is 11.6 Å². The van der Waals surface area contributed by atoms with Gasteiger partial charge < -0.3 is 20.1 Å². The number of rotatable bonds is 15. The molecule has 0 aliphatic carbocycles. The number of benzene rings is 4. The number of para-hydroxylation sites is 1. The second kappa shape index (κ2) is 20.5. The van der Waals surface area contributed by atoms with Crippen LogP contribution in [0.25, 0.3) is 32.2 Å². The number of hydrogen-bond donors (Lipinski definition) is 4. The number of pyridine rings is 1. The van der Waals surface area contributed by atoms with Crippen molar-refractivity contribution >= 4 is 78.7 Å². The molecule has 10 rings (SSSR count). The molecule has 364 valence electrons. The van der Waals surface area contributed by atoms with Crippen LogP contribution in [0.4, 0.5) is 16.6 Å². The standard InChI is InChI=1S/C54H55N9O7S/c1-32-36(37-20-22-46(57-50(37)53(68)69)63-26-24-34-12-7-14-38(41(34)30-63)51(66)59-54-56-42-15-3-4-17-45(42)71-54)13-8-16-44(32)70-27-6-5-10-33-11-9-25-62(29-33)31-48(65)55-35-18-19-39-43(28-35)61(2)60-49(39)40-21-23-47(64)58-52(40)67/h3-4,7-8,12-20,22,28,33,40H,5-6,9-11,21,23-27,29-31H2,1-2H3,(H,55,65)(H,68,69)(H,56,59,66)(H,58,64,67)/t33-,40?/m0/s1. The number of hydrogen-bond acceptors (Lipinski definition) is 12. The van der Waals surface area contributed by atoms with Crippen molar-refractivity contribution in [3.8, 4) is 16.9 Å². The summed E-state index contributed by atoms with van der Waals surface area (Å²) in [6.07, 6.45) is 6.35. The summed E-state index contributed by atoms with van der Waals surface area (Å²) < 4.78 is 9.02. The van der Waals surface area contributed by atoms with E-state index in [-0.39, 0.29) is 35.7 Å². The highest BCUT2D eigenvalue weighted by Gasteiger charge is 2.32. The van der Waals surface area contributed by atoms with Crippen LogP contribution in [-0.4, -0.2) is 92.1 Å². The number of carbonyl (C=O) groups excluding carboxylic acids is 4. The summed E-state index contributed by atoms with van der Waals surface area (Å²) in [6, 6.07) is 28.4. The third-order valence-electron chi connectivity index (χ3n) is 14.0. The largest absolute Gasteiger partial charge is 0.493 e. The van der Waals surface area contributed by atoms with Crippen LogP contribution in [0.1, 0.15) is 94.1 Å². The zero-order valence-electron chi connectivity index (χ0n) is 39.7. The smallest absolute Gasteiger partial charge is 0.355 e. The number of anilines is 3. The summed E-state index contributed by atoms with van der Waals surface area (Å²) in [6.45, 7) is 5.47. The third-order valence-corrected chi connectivity index (χ3v) is 14.9. The fraction of sp³-hybridized carbons (Fsp3) is 0.333. The quantitative estimate of drug-likeness (QED) is 0.0565. The molecule has 0 spiro atoms. The molecule has 0 saturated carbocycles. The van der Waals surface area contributed by atoms with Gasteiger partial charge in [-0.15, -0.1) is 0 Å². The second-order valence-electron chi connectivity index (χ2n) is 18.7. The van der Waals surface area contributed by atoms with Gasteiger partial charge in [0.05, 0.1) is 40.5 Å². The topological polar surface area (TPSA) is 201 Å². The first-order valence-electron chi connectivity index (χ1n) is 24.3. The molecule has 2 fully saturated rings. The van der Waals surface area contributed by atoms with Gasteiger partial charge in [-0.25, -0.2) is 14.8 Å². The number of carbonyl (C=O) groups is 5. The molecule has 2 atom stereocenters. The van der Waals surface area contributed by atoms with Crippen molar-refractivity contribution < 1.29 is 33.8 Å². The zero-order chi connectivity index (χ0) is 49.2. The predicted octanol–water partition coefficient (Wildman–Crippen LogP) is 8.49. The number of nitrogens with one attached hydrogen (secondary N) is 3. The Labute approximate surface area is 414 Å². The molecule has 2 saturated heterocycles. The summed E-state index contributed by atoms with van der Waals surface area (Å²) in [4.78, 5) is 77.5. The van der Waals surface area contributed by atoms with Crippen molar-refractivity contribution in [3.63, 3.8) is 0 Å². The number of thiazole rings is 1. The molecule has 0 radical (unpaired) electrons. The van der Waals surface area contributed by atoms with Crippen LogP contribution in [0, 0.1) is 12.8 Å². The highest BCUT2D eigenvalue weighted by molar-refractivity contribution is 7.22. The number of amides is 4. The van der Waals surface area contributed by atoms with Gasteiger partial charge in [-0.1, -0.05) is 47.7 Å². The first kappa shape index (κ1) is 47.2. The van der Waals surface area contributed by atoms with Crippen LogP contribution in [0.15, 0.2) is 91.0 Å². The van der Waals surface area contributed by atoms with Crippen LogP contribution in [0.5, 0.6) is 5.75 Å². The van der Waals surface area contributed by atoms with E-state index in [2.05, 4.69) is 30.9 Å². The number of likely N-dealkylation sites (tertiary alicyclic amines) is 1. The number of piperidine rings is 2. The molecule has 6 heterocycles. The molecule has 3 aliphatic rings. The summed E-state index contributed by atoms with van der Waals surface area (Å²) in [5.41, 5.74) is 7.44. The van der Waals surface area contributed by atoms with Crippen molar-refractivity contribution in [3.05, 3.63) is 125 Å². The van der Waals surface area contributed by atoms with Gasteiger partial charge in [0, 0.05) is 55.3 Å². The van der Waals surface area contributed by atoms with E-state index >= 15 is 0 Å². The molecule has 1 unspecified atom stereocenters. The molecule has 3 aromatic heterocycles.